The minimum absolute atomic E-state index is 0.170. The van der Waals surface area contributed by atoms with E-state index < -0.39 is 11.9 Å². The standard InChI is InChI=1S/C14H9O5P/c15-13(16)7-1-3-9-11(5-7)20-12-6-8(14(17)18)2-4-10(12)19-9/h1-6,20H,(H,15,16)(H,17,18). The molecule has 0 saturated heterocycles. The lowest BCUT2D eigenvalue weighted by Crippen LogP contribution is -2.17. The summed E-state index contributed by atoms with van der Waals surface area (Å²) in [6.07, 6.45) is 0. The van der Waals surface area contributed by atoms with Gasteiger partial charge in [-0.25, -0.2) is 9.59 Å². The van der Waals surface area contributed by atoms with E-state index in [1.165, 1.54) is 12.1 Å². The maximum absolute atomic E-state index is 11.0. The van der Waals surface area contributed by atoms with Crippen LogP contribution in [-0.2, 0) is 0 Å². The molecule has 0 saturated carbocycles. The second kappa shape index (κ2) is 4.62. The fourth-order valence-corrected chi connectivity index (χ4v) is 3.22. The van der Waals surface area contributed by atoms with Crippen molar-refractivity contribution in [2.45, 2.75) is 0 Å². The quantitative estimate of drug-likeness (QED) is 0.703. The molecule has 0 aliphatic carbocycles. The Morgan fingerprint density at radius 3 is 1.70 bits per heavy atom. The van der Waals surface area contributed by atoms with Gasteiger partial charge in [-0.05, 0) is 36.4 Å². The maximum atomic E-state index is 11.0. The van der Waals surface area contributed by atoms with E-state index >= 15 is 0 Å². The van der Waals surface area contributed by atoms with Crippen molar-refractivity contribution < 1.29 is 24.5 Å². The third-order valence-corrected chi connectivity index (χ3v) is 4.26. The zero-order valence-electron chi connectivity index (χ0n) is 10.1. The lowest BCUT2D eigenvalue weighted by Gasteiger charge is -2.20. The topological polar surface area (TPSA) is 83.8 Å². The number of benzene rings is 2. The molecule has 0 aromatic heterocycles. The first-order valence-corrected chi connectivity index (χ1v) is 6.74. The van der Waals surface area contributed by atoms with Gasteiger partial charge in [0.2, 0.25) is 0 Å². The van der Waals surface area contributed by atoms with Gasteiger partial charge in [0.15, 0.2) is 0 Å². The molecular formula is C14H9O5P. The molecular weight excluding hydrogens is 279 g/mol. The molecule has 0 spiro atoms. The minimum Gasteiger partial charge on any atom is -0.478 e. The fraction of sp³-hybridized carbons (Fsp3) is 0. The summed E-state index contributed by atoms with van der Waals surface area (Å²) in [6.45, 7) is 0. The molecule has 5 nitrogen and oxygen atoms in total. The molecule has 6 heteroatoms. The summed E-state index contributed by atoms with van der Waals surface area (Å²) in [5, 5.41) is 19.5. The van der Waals surface area contributed by atoms with Crippen LogP contribution < -0.4 is 15.3 Å². The van der Waals surface area contributed by atoms with Gasteiger partial charge in [0, 0.05) is 10.6 Å². The summed E-state index contributed by atoms with van der Waals surface area (Å²) in [7, 11) is 0.170. The lowest BCUT2D eigenvalue weighted by atomic mass is 10.2. The van der Waals surface area contributed by atoms with Gasteiger partial charge in [0.25, 0.3) is 0 Å². The Kier molecular flexibility index (Phi) is 2.92. The van der Waals surface area contributed by atoms with Crippen molar-refractivity contribution in [2.24, 2.45) is 0 Å². The third kappa shape index (κ3) is 2.12. The average molecular weight is 288 g/mol. The minimum atomic E-state index is -0.998. The molecule has 3 rings (SSSR count). The van der Waals surface area contributed by atoms with Crippen LogP contribution in [0.5, 0.6) is 11.5 Å². The fourth-order valence-electron chi connectivity index (χ4n) is 1.96. The number of aromatic carboxylic acids is 2. The van der Waals surface area contributed by atoms with Crippen LogP contribution in [0.15, 0.2) is 36.4 Å². The van der Waals surface area contributed by atoms with Crippen molar-refractivity contribution >= 4 is 31.1 Å². The number of fused-ring (bicyclic) bond motifs is 2. The van der Waals surface area contributed by atoms with Gasteiger partial charge >= 0.3 is 11.9 Å². The zero-order valence-corrected chi connectivity index (χ0v) is 11.1. The summed E-state index contributed by atoms with van der Waals surface area (Å²) in [6, 6.07) is 9.35. The Bertz CT molecular complexity index is 677. The predicted octanol–water partition coefficient (Wildman–Crippen LogP) is 1.82. The van der Waals surface area contributed by atoms with Crippen LogP contribution in [0.25, 0.3) is 0 Å². The van der Waals surface area contributed by atoms with Gasteiger partial charge in [0.05, 0.1) is 11.1 Å². The first-order valence-electron chi connectivity index (χ1n) is 5.74. The van der Waals surface area contributed by atoms with Crippen molar-refractivity contribution in [2.75, 3.05) is 0 Å². The highest BCUT2D eigenvalue weighted by atomic mass is 31.1. The number of carboxylic acids is 2. The summed E-state index contributed by atoms with van der Waals surface area (Å²) in [4.78, 5) is 21.9. The molecule has 1 heterocycles. The van der Waals surface area contributed by atoms with Crippen LogP contribution >= 0.6 is 8.58 Å². The summed E-state index contributed by atoms with van der Waals surface area (Å²) < 4.78 is 5.67. The van der Waals surface area contributed by atoms with E-state index in [9.17, 15) is 9.59 Å². The van der Waals surface area contributed by atoms with Crippen molar-refractivity contribution in [3.8, 4) is 11.5 Å². The number of carboxylic acid groups (broad SMARTS) is 2. The second-order valence-corrected chi connectivity index (χ2v) is 5.59. The third-order valence-electron chi connectivity index (χ3n) is 2.94. The van der Waals surface area contributed by atoms with Crippen LogP contribution in [0.3, 0.4) is 0 Å². The molecule has 1 aliphatic rings. The van der Waals surface area contributed by atoms with E-state index in [-0.39, 0.29) is 19.7 Å². The number of hydrogen-bond acceptors (Lipinski definition) is 3. The first-order chi connectivity index (χ1) is 9.54. The van der Waals surface area contributed by atoms with Crippen LogP contribution in [0.4, 0.5) is 0 Å². The van der Waals surface area contributed by atoms with Crippen molar-refractivity contribution in [1.82, 2.24) is 0 Å². The smallest absolute Gasteiger partial charge is 0.335 e. The molecule has 0 atom stereocenters. The van der Waals surface area contributed by atoms with Gasteiger partial charge in [-0.3, -0.25) is 0 Å². The largest absolute Gasteiger partial charge is 0.478 e. The molecule has 0 unspecified atom stereocenters. The number of rotatable bonds is 2. The second-order valence-electron chi connectivity index (χ2n) is 4.26. The highest BCUT2D eigenvalue weighted by Crippen LogP contribution is 2.33. The summed E-state index contributed by atoms with van der Waals surface area (Å²) in [5.74, 6) is -0.766. The van der Waals surface area contributed by atoms with Crippen LogP contribution in [0.2, 0.25) is 0 Å². The molecule has 0 amide bonds. The average Bonchev–Trinajstić information content (AvgIpc) is 2.43. The Morgan fingerprint density at radius 2 is 1.30 bits per heavy atom. The van der Waals surface area contributed by atoms with Gasteiger partial charge in [-0.15, -0.1) is 0 Å². The number of carbonyl (C=O) groups is 2. The van der Waals surface area contributed by atoms with Crippen LogP contribution in [0, 0.1) is 0 Å². The van der Waals surface area contributed by atoms with E-state index in [0.717, 1.165) is 10.6 Å². The van der Waals surface area contributed by atoms with Crippen molar-refractivity contribution in [3.63, 3.8) is 0 Å². The zero-order chi connectivity index (χ0) is 14.3. The lowest BCUT2D eigenvalue weighted by molar-refractivity contribution is 0.0686. The van der Waals surface area contributed by atoms with Crippen molar-refractivity contribution in [3.05, 3.63) is 47.5 Å². The molecule has 0 fully saturated rings. The normalized spacial score (nSPS) is 12.0. The van der Waals surface area contributed by atoms with Gasteiger partial charge in [0.1, 0.15) is 11.5 Å². The molecule has 0 radical (unpaired) electrons. The molecule has 20 heavy (non-hydrogen) atoms. The maximum Gasteiger partial charge on any atom is 0.335 e. The van der Waals surface area contributed by atoms with Crippen LogP contribution in [0.1, 0.15) is 20.7 Å². The molecule has 2 N–H and O–H groups in total. The molecule has 0 bridgehead atoms. The Hall–Kier alpha value is -2.39. The van der Waals surface area contributed by atoms with E-state index in [1.807, 2.05) is 0 Å². The van der Waals surface area contributed by atoms with Crippen LogP contribution in [-0.4, -0.2) is 22.2 Å². The molecule has 100 valence electrons. The van der Waals surface area contributed by atoms with Crippen molar-refractivity contribution in [1.29, 1.82) is 0 Å². The molecule has 1 aliphatic heterocycles. The summed E-state index contributed by atoms with van der Waals surface area (Å²) >= 11 is 0. The molecule has 2 aromatic carbocycles. The van der Waals surface area contributed by atoms with Gasteiger partial charge in [-0.1, -0.05) is 8.58 Å². The highest BCUT2D eigenvalue weighted by Gasteiger charge is 2.20. The van der Waals surface area contributed by atoms with E-state index in [0.29, 0.717) is 11.5 Å². The SMILES string of the molecule is O=C(O)c1ccc2c(c1)Pc1cc(C(=O)O)ccc1O2. The van der Waals surface area contributed by atoms with E-state index in [2.05, 4.69) is 0 Å². The summed E-state index contributed by atoms with van der Waals surface area (Å²) in [5.41, 5.74) is 0.385. The first kappa shape index (κ1) is 12.6. The number of ether oxygens (including phenoxy) is 1. The Morgan fingerprint density at radius 1 is 0.850 bits per heavy atom. The Labute approximate surface area is 115 Å². The van der Waals surface area contributed by atoms with E-state index in [4.69, 9.17) is 14.9 Å². The van der Waals surface area contributed by atoms with E-state index in [1.54, 1.807) is 24.3 Å². The molecule has 2 aromatic rings. The monoisotopic (exact) mass is 288 g/mol. The number of hydrogen-bond donors (Lipinski definition) is 2. The van der Waals surface area contributed by atoms with Gasteiger partial charge in [-0.2, -0.15) is 0 Å². The van der Waals surface area contributed by atoms with Gasteiger partial charge < -0.3 is 14.9 Å². The predicted molar refractivity (Wildman–Crippen MR) is 74.5 cm³/mol. The highest BCUT2D eigenvalue weighted by molar-refractivity contribution is 7.56. The Balaban J connectivity index is 2.03.